The predicted octanol–water partition coefficient (Wildman–Crippen LogP) is 3.79. The quantitative estimate of drug-likeness (QED) is 0.876. The van der Waals surface area contributed by atoms with Crippen LogP contribution >= 0.6 is 0 Å². The van der Waals surface area contributed by atoms with Gasteiger partial charge in [-0.2, -0.15) is 5.10 Å². The van der Waals surface area contributed by atoms with Gasteiger partial charge in [0.2, 0.25) is 0 Å². The van der Waals surface area contributed by atoms with Crippen molar-refractivity contribution in [1.82, 2.24) is 15.2 Å². The van der Waals surface area contributed by atoms with E-state index >= 15 is 0 Å². The van der Waals surface area contributed by atoms with Gasteiger partial charge in [-0.25, -0.2) is 4.98 Å². The number of benzene rings is 1. The van der Waals surface area contributed by atoms with E-state index in [1.165, 1.54) is 11.1 Å². The summed E-state index contributed by atoms with van der Waals surface area (Å²) in [5, 5.41) is 6.77. The molecule has 0 aliphatic carbocycles. The highest BCUT2D eigenvalue weighted by Crippen LogP contribution is 2.20. The molecule has 17 heavy (non-hydrogen) atoms. The summed E-state index contributed by atoms with van der Waals surface area (Å²) in [6.07, 6.45) is 2.63. The maximum Gasteiger partial charge on any atom is 0.137 e. The average molecular weight is 233 g/mol. The first kappa shape index (κ1) is 13.4. The van der Waals surface area contributed by atoms with Crippen LogP contribution in [0.1, 0.15) is 52.0 Å². The molecule has 1 aromatic carbocycles. The number of aromatic amines is 1. The zero-order chi connectivity index (χ0) is 12.7. The molecule has 0 aliphatic rings. The minimum atomic E-state index is 0. The van der Waals surface area contributed by atoms with Gasteiger partial charge in [-0.3, -0.25) is 5.10 Å². The number of aromatic nitrogens is 3. The molecule has 0 amide bonds. The molecule has 2 rings (SSSR count). The Bertz CT molecular complexity index is 409. The van der Waals surface area contributed by atoms with Crippen LogP contribution in [0.2, 0.25) is 0 Å². The Balaban J connectivity index is 0.000000917. The molecule has 3 heteroatoms. The summed E-state index contributed by atoms with van der Waals surface area (Å²) in [6.45, 7) is 8.29. The second-order valence-electron chi connectivity index (χ2n) is 3.69. The first-order valence-corrected chi connectivity index (χ1v) is 6.25. The summed E-state index contributed by atoms with van der Waals surface area (Å²) in [7, 11) is 0. The average Bonchev–Trinajstić information content (AvgIpc) is 2.94. The summed E-state index contributed by atoms with van der Waals surface area (Å²) in [5.41, 5.74) is 2.63. The largest absolute Gasteiger partial charge is 0.263 e. The van der Waals surface area contributed by atoms with E-state index in [1.807, 2.05) is 13.8 Å². The van der Waals surface area contributed by atoms with Crippen LogP contribution in [0.25, 0.3) is 0 Å². The van der Waals surface area contributed by atoms with Gasteiger partial charge in [-0.15, -0.1) is 0 Å². The van der Waals surface area contributed by atoms with Crippen molar-refractivity contribution in [2.75, 3.05) is 0 Å². The van der Waals surface area contributed by atoms with Gasteiger partial charge >= 0.3 is 0 Å². The van der Waals surface area contributed by atoms with Crippen LogP contribution in [0, 0.1) is 0 Å². The smallest absolute Gasteiger partial charge is 0.137 e. The Kier molecular flexibility index (Phi) is 5.40. The van der Waals surface area contributed by atoms with Crippen LogP contribution in [-0.2, 0) is 6.42 Å². The number of aryl methyl sites for hydroxylation is 1. The minimum absolute atomic E-state index is 0. The molecule has 0 saturated heterocycles. The van der Waals surface area contributed by atoms with Crippen LogP contribution < -0.4 is 0 Å². The lowest BCUT2D eigenvalue weighted by molar-refractivity contribution is 0.822. The molecule has 0 bridgehead atoms. The van der Waals surface area contributed by atoms with Gasteiger partial charge in [0, 0.05) is 7.34 Å². The molecule has 1 heterocycles. The van der Waals surface area contributed by atoms with Gasteiger partial charge in [-0.05, 0) is 17.5 Å². The molecule has 0 radical (unpaired) electrons. The van der Waals surface area contributed by atoms with Crippen molar-refractivity contribution in [1.29, 1.82) is 0 Å². The highest BCUT2D eigenvalue weighted by molar-refractivity contribution is 5.28. The van der Waals surface area contributed by atoms with E-state index in [0.717, 1.165) is 12.2 Å². The van der Waals surface area contributed by atoms with Crippen LogP contribution in [0.4, 0.5) is 0 Å². The number of rotatable bonds is 3. The summed E-state index contributed by atoms with van der Waals surface area (Å²) < 4.78 is 0. The molecule has 2 aromatic rings. The molecule has 1 N–H and O–H groups in total. The van der Waals surface area contributed by atoms with Crippen molar-refractivity contribution >= 4 is 0 Å². The maximum absolute atomic E-state index is 4.17. The molecule has 94 valence electrons. The van der Waals surface area contributed by atoms with Gasteiger partial charge in [0.15, 0.2) is 0 Å². The van der Waals surface area contributed by atoms with Crippen LogP contribution in [-0.4, -0.2) is 15.2 Å². The molecule has 0 aliphatic heterocycles. The third-order valence-corrected chi connectivity index (χ3v) is 2.73. The number of hydrogen-bond donors (Lipinski definition) is 1. The van der Waals surface area contributed by atoms with Gasteiger partial charge in [-0.1, -0.05) is 52.0 Å². The lowest BCUT2D eigenvalue weighted by Gasteiger charge is -2.08. The third-order valence-electron chi connectivity index (χ3n) is 2.73. The van der Waals surface area contributed by atoms with E-state index in [-0.39, 0.29) is 7.34 Å². The molecule has 1 unspecified atom stereocenters. The second-order valence-corrected chi connectivity index (χ2v) is 3.69. The normalized spacial score (nSPS) is 11.5. The topological polar surface area (TPSA) is 41.6 Å². The van der Waals surface area contributed by atoms with Crippen molar-refractivity contribution in [2.45, 2.75) is 40.0 Å². The Morgan fingerprint density at radius 1 is 1.24 bits per heavy atom. The van der Waals surface area contributed by atoms with Crippen molar-refractivity contribution in [2.24, 2.45) is 0 Å². The highest BCUT2D eigenvalue weighted by Gasteiger charge is 2.10. The van der Waals surface area contributed by atoms with E-state index in [4.69, 9.17) is 0 Å². The maximum atomic E-state index is 4.17. The third kappa shape index (κ3) is 3.41. The number of H-pyrrole nitrogens is 1. The summed E-state index contributed by atoms with van der Waals surface area (Å²) in [4.78, 5) is 4.17. The molecule has 1 aromatic heterocycles. The molecule has 0 saturated carbocycles. The Morgan fingerprint density at radius 3 is 2.35 bits per heavy atom. The van der Waals surface area contributed by atoms with Crippen molar-refractivity contribution in [3.05, 3.63) is 47.5 Å². The minimum Gasteiger partial charge on any atom is -0.263 e. The van der Waals surface area contributed by atoms with E-state index < -0.39 is 0 Å². The molecular formula is C14H23N3. The lowest BCUT2D eigenvalue weighted by Crippen LogP contribution is -1.98. The fourth-order valence-corrected chi connectivity index (χ4v) is 1.62. The van der Waals surface area contributed by atoms with E-state index in [1.54, 1.807) is 6.33 Å². The number of nitrogens with one attached hydrogen (secondary N) is 1. The van der Waals surface area contributed by atoms with Crippen LogP contribution in [0.3, 0.4) is 0 Å². The fourth-order valence-electron chi connectivity index (χ4n) is 1.62. The van der Waals surface area contributed by atoms with E-state index in [0.29, 0.717) is 0 Å². The number of hydrogen-bond acceptors (Lipinski definition) is 2. The predicted molar refractivity (Wildman–Crippen MR) is 73.2 cm³/mol. The lowest BCUT2D eigenvalue weighted by atomic mass is 9.99. The zero-order valence-electron chi connectivity index (χ0n) is 11.1. The molecular weight excluding hydrogens is 210 g/mol. The SMILES string of the molecule is CC.CCc1ccc(C(C)c2ncn[nH]2)cc1.[HH]. The molecule has 0 spiro atoms. The summed E-state index contributed by atoms with van der Waals surface area (Å²) in [6, 6.07) is 8.66. The van der Waals surface area contributed by atoms with Crippen molar-refractivity contribution in [3.63, 3.8) is 0 Å². The van der Waals surface area contributed by atoms with Gasteiger partial charge in [0.05, 0.1) is 0 Å². The van der Waals surface area contributed by atoms with Crippen LogP contribution in [0.5, 0.6) is 0 Å². The number of nitrogens with zero attached hydrogens (tertiary/aromatic N) is 2. The van der Waals surface area contributed by atoms with Gasteiger partial charge < -0.3 is 0 Å². The monoisotopic (exact) mass is 233 g/mol. The van der Waals surface area contributed by atoms with Crippen LogP contribution in [0.15, 0.2) is 30.6 Å². The first-order valence-electron chi connectivity index (χ1n) is 6.25. The van der Waals surface area contributed by atoms with Crippen molar-refractivity contribution < 1.29 is 1.43 Å². The van der Waals surface area contributed by atoms with Crippen molar-refractivity contribution in [3.8, 4) is 0 Å². The first-order chi connectivity index (χ1) is 8.31. The van der Waals surface area contributed by atoms with Gasteiger partial charge in [0.25, 0.3) is 0 Å². The van der Waals surface area contributed by atoms with E-state index in [2.05, 4.69) is 53.3 Å². The molecule has 0 fully saturated rings. The summed E-state index contributed by atoms with van der Waals surface area (Å²) in [5.74, 6) is 1.19. The van der Waals surface area contributed by atoms with E-state index in [9.17, 15) is 0 Å². The molecule has 1 atom stereocenters. The van der Waals surface area contributed by atoms with Gasteiger partial charge in [0.1, 0.15) is 12.2 Å². The second kappa shape index (κ2) is 6.84. The Hall–Kier alpha value is -1.64. The summed E-state index contributed by atoms with van der Waals surface area (Å²) >= 11 is 0. The standard InChI is InChI=1S/C12H15N3.C2H6.H2/c1-3-10-4-6-11(7-5-10)9(2)12-13-8-14-15-12;1-2;/h4-9H,3H2,1-2H3,(H,13,14,15);1-2H3;1H. The Morgan fingerprint density at radius 2 is 1.88 bits per heavy atom. The Labute approximate surface area is 105 Å². The fraction of sp³-hybridized carbons (Fsp3) is 0.429. The zero-order valence-corrected chi connectivity index (χ0v) is 11.1. The molecule has 3 nitrogen and oxygen atoms in total. The highest BCUT2D eigenvalue weighted by atomic mass is 15.2.